The molecule has 2 heterocycles. The number of pyridine rings is 1. The highest BCUT2D eigenvalue weighted by Gasteiger charge is 2.15. The van der Waals surface area contributed by atoms with E-state index in [1.807, 2.05) is 6.07 Å². The SMILES string of the molecule is CCOC(=O)C=Cc1cnc2c(c1)CCC(=O)N2. The normalized spacial score (nSPS) is 14.2. The van der Waals surface area contributed by atoms with E-state index in [0.717, 1.165) is 11.1 Å². The van der Waals surface area contributed by atoms with Crippen LogP contribution in [0.5, 0.6) is 0 Å². The summed E-state index contributed by atoms with van der Waals surface area (Å²) in [5.41, 5.74) is 1.80. The Kier molecular flexibility index (Phi) is 3.72. The van der Waals surface area contributed by atoms with E-state index < -0.39 is 0 Å². The predicted octanol–water partition coefficient (Wildman–Crippen LogP) is 1.54. The lowest BCUT2D eigenvalue weighted by Crippen LogP contribution is -2.20. The molecule has 94 valence electrons. The van der Waals surface area contributed by atoms with E-state index in [0.29, 0.717) is 25.3 Å². The van der Waals surface area contributed by atoms with Gasteiger partial charge in [0.25, 0.3) is 0 Å². The fraction of sp³-hybridized carbons (Fsp3) is 0.308. The number of ether oxygens (including phenoxy) is 1. The molecule has 5 nitrogen and oxygen atoms in total. The number of anilines is 1. The van der Waals surface area contributed by atoms with Gasteiger partial charge in [0.1, 0.15) is 5.82 Å². The van der Waals surface area contributed by atoms with Crippen LogP contribution in [0.3, 0.4) is 0 Å². The lowest BCUT2D eigenvalue weighted by Gasteiger charge is -2.15. The Bertz CT molecular complexity index is 509. The number of aryl methyl sites for hydroxylation is 1. The van der Waals surface area contributed by atoms with Crippen LogP contribution in [0.25, 0.3) is 6.08 Å². The summed E-state index contributed by atoms with van der Waals surface area (Å²) in [5, 5.41) is 2.71. The quantitative estimate of drug-likeness (QED) is 0.649. The number of rotatable bonds is 3. The van der Waals surface area contributed by atoms with Crippen LogP contribution < -0.4 is 5.32 Å². The van der Waals surface area contributed by atoms with Crippen LogP contribution in [-0.4, -0.2) is 23.5 Å². The maximum atomic E-state index is 11.2. The van der Waals surface area contributed by atoms with Crippen LogP contribution in [0.2, 0.25) is 0 Å². The molecular formula is C13H14N2O3. The number of carbonyl (C=O) groups is 2. The molecule has 0 atom stereocenters. The molecule has 2 rings (SSSR count). The zero-order valence-corrected chi connectivity index (χ0v) is 10.1. The van der Waals surface area contributed by atoms with Crippen molar-refractivity contribution >= 4 is 23.8 Å². The van der Waals surface area contributed by atoms with E-state index in [1.54, 1.807) is 19.2 Å². The van der Waals surface area contributed by atoms with Crippen LogP contribution in [-0.2, 0) is 20.7 Å². The van der Waals surface area contributed by atoms with E-state index >= 15 is 0 Å². The van der Waals surface area contributed by atoms with Crippen LogP contribution in [0.15, 0.2) is 18.3 Å². The van der Waals surface area contributed by atoms with Gasteiger partial charge in [-0.25, -0.2) is 9.78 Å². The van der Waals surface area contributed by atoms with Crippen LogP contribution in [0.1, 0.15) is 24.5 Å². The molecule has 0 spiro atoms. The number of hydrogen-bond acceptors (Lipinski definition) is 4. The molecule has 0 fully saturated rings. The van der Waals surface area contributed by atoms with Crippen LogP contribution >= 0.6 is 0 Å². The van der Waals surface area contributed by atoms with Crippen LogP contribution in [0, 0.1) is 0 Å². The third-order valence-corrected chi connectivity index (χ3v) is 2.57. The summed E-state index contributed by atoms with van der Waals surface area (Å²) < 4.78 is 4.79. The van der Waals surface area contributed by atoms with Crippen molar-refractivity contribution in [3.63, 3.8) is 0 Å². The molecule has 1 aliphatic rings. The number of carbonyl (C=O) groups excluding carboxylic acids is 2. The third kappa shape index (κ3) is 2.94. The van der Waals surface area contributed by atoms with Gasteiger partial charge < -0.3 is 10.1 Å². The van der Waals surface area contributed by atoms with E-state index in [4.69, 9.17) is 4.74 Å². The lowest BCUT2D eigenvalue weighted by atomic mass is 10.0. The summed E-state index contributed by atoms with van der Waals surface area (Å²) in [5.74, 6) is 0.230. The van der Waals surface area contributed by atoms with Crippen molar-refractivity contribution in [2.45, 2.75) is 19.8 Å². The number of esters is 1. The molecule has 1 aromatic heterocycles. The van der Waals surface area contributed by atoms with Crippen molar-refractivity contribution in [3.8, 4) is 0 Å². The molecule has 0 unspecified atom stereocenters. The Labute approximate surface area is 105 Å². The first-order valence-electron chi connectivity index (χ1n) is 5.82. The summed E-state index contributed by atoms with van der Waals surface area (Å²) in [6.45, 7) is 2.12. The van der Waals surface area contributed by atoms with Crippen molar-refractivity contribution in [1.29, 1.82) is 0 Å². The lowest BCUT2D eigenvalue weighted by molar-refractivity contribution is -0.137. The number of nitrogens with zero attached hydrogens (tertiary/aromatic N) is 1. The molecule has 1 N–H and O–H groups in total. The maximum absolute atomic E-state index is 11.2. The summed E-state index contributed by atoms with van der Waals surface area (Å²) >= 11 is 0. The predicted molar refractivity (Wildman–Crippen MR) is 66.9 cm³/mol. The molecule has 0 radical (unpaired) electrons. The van der Waals surface area contributed by atoms with Gasteiger partial charge in [0.15, 0.2) is 0 Å². The maximum Gasteiger partial charge on any atom is 0.330 e. The van der Waals surface area contributed by atoms with Gasteiger partial charge in [-0.3, -0.25) is 4.79 Å². The molecule has 0 aliphatic carbocycles. The van der Waals surface area contributed by atoms with Gasteiger partial charge in [-0.05, 0) is 36.6 Å². The molecule has 18 heavy (non-hydrogen) atoms. The highest BCUT2D eigenvalue weighted by Crippen LogP contribution is 2.21. The van der Waals surface area contributed by atoms with E-state index in [-0.39, 0.29) is 11.9 Å². The number of nitrogens with one attached hydrogen (secondary N) is 1. The largest absolute Gasteiger partial charge is 0.463 e. The summed E-state index contributed by atoms with van der Waals surface area (Å²) in [6.07, 6.45) is 5.78. The van der Waals surface area contributed by atoms with Crippen molar-refractivity contribution < 1.29 is 14.3 Å². The van der Waals surface area contributed by atoms with Gasteiger partial charge >= 0.3 is 5.97 Å². The van der Waals surface area contributed by atoms with Gasteiger partial charge in [-0.15, -0.1) is 0 Å². The number of amides is 1. The summed E-state index contributed by atoms with van der Waals surface area (Å²) in [6, 6.07) is 1.91. The molecule has 0 saturated heterocycles. The van der Waals surface area contributed by atoms with Gasteiger partial charge in [-0.1, -0.05) is 0 Å². The molecule has 1 amide bonds. The minimum absolute atomic E-state index is 0.00943. The average Bonchev–Trinajstić information content (AvgIpc) is 2.36. The fourth-order valence-electron chi connectivity index (χ4n) is 1.72. The summed E-state index contributed by atoms with van der Waals surface area (Å²) in [7, 11) is 0. The number of hydrogen-bond donors (Lipinski definition) is 1. The number of aromatic nitrogens is 1. The Morgan fingerprint density at radius 3 is 3.17 bits per heavy atom. The Morgan fingerprint density at radius 2 is 2.39 bits per heavy atom. The summed E-state index contributed by atoms with van der Waals surface area (Å²) in [4.78, 5) is 26.5. The second-order valence-corrected chi connectivity index (χ2v) is 3.91. The van der Waals surface area contributed by atoms with Gasteiger partial charge in [0.2, 0.25) is 5.91 Å². The molecule has 0 aromatic carbocycles. The molecule has 0 bridgehead atoms. The van der Waals surface area contributed by atoms with Crippen molar-refractivity contribution in [2.75, 3.05) is 11.9 Å². The second-order valence-electron chi connectivity index (χ2n) is 3.91. The Balaban J connectivity index is 2.12. The molecule has 1 aliphatic heterocycles. The van der Waals surface area contributed by atoms with E-state index in [2.05, 4.69) is 10.3 Å². The van der Waals surface area contributed by atoms with Crippen molar-refractivity contribution in [3.05, 3.63) is 29.5 Å². The molecular weight excluding hydrogens is 232 g/mol. The molecule has 5 heteroatoms. The highest BCUT2D eigenvalue weighted by atomic mass is 16.5. The molecule has 1 aromatic rings. The number of fused-ring (bicyclic) bond motifs is 1. The zero-order valence-electron chi connectivity index (χ0n) is 10.1. The fourth-order valence-corrected chi connectivity index (χ4v) is 1.72. The average molecular weight is 246 g/mol. The monoisotopic (exact) mass is 246 g/mol. The van der Waals surface area contributed by atoms with Gasteiger partial charge in [0, 0.05) is 18.7 Å². The second kappa shape index (κ2) is 5.44. The minimum Gasteiger partial charge on any atom is -0.463 e. The van der Waals surface area contributed by atoms with Gasteiger partial charge in [0.05, 0.1) is 6.61 Å². The first-order valence-corrected chi connectivity index (χ1v) is 5.82. The van der Waals surface area contributed by atoms with Crippen molar-refractivity contribution in [1.82, 2.24) is 4.98 Å². The first kappa shape index (κ1) is 12.3. The Hall–Kier alpha value is -2.17. The highest BCUT2D eigenvalue weighted by molar-refractivity contribution is 5.93. The van der Waals surface area contributed by atoms with Crippen LogP contribution in [0.4, 0.5) is 5.82 Å². The van der Waals surface area contributed by atoms with E-state index in [1.165, 1.54) is 6.08 Å². The minimum atomic E-state index is -0.372. The molecule has 0 saturated carbocycles. The first-order chi connectivity index (χ1) is 8.69. The smallest absolute Gasteiger partial charge is 0.330 e. The Morgan fingerprint density at radius 1 is 1.56 bits per heavy atom. The van der Waals surface area contributed by atoms with Crippen molar-refractivity contribution in [2.24, 2.45) is 0 Å². The zero-order chi connectivity index (χ0) is 13.0. The van der Waals surface area contributed by atoms with Gasteiger partial charge in [-0.2, -0.15) is 0 Å². The standard InChI is InChI=1S/C13H14N2O3/c1-2-18-12(17)6-3-9-7-10-4-5-11(16)15-13(10)14-8-9/h3,6-8H,2,4-5H2,1H3,(H,14,15,16). The van der Waals surface area contributed by atoms with E-state index in [9.17, 15) is 9.59 Å². The topological polar surface area (TPSA) is 68.3 Å². The third-order valence-electron chi connectivity index (χ3n) is 2.57.